The SMILES string of the molecule is COc1cc(CN2C[C@@H]3C[C@H]2CN3)ccc1Cn1ncc2nc(N)nc(NCC3CC4(C3)CC4F)c21. The van der Waals surface area contributed by atoms with Crippen molar-refractivity contribution in [1.29, 1.82) is 0 Å². The zero-order chi connectivity index (χ0) is 24.4. The van der Waals surface area contributed by atoms with Gasteiger partial charge in [0, 0.05) is 49.2 Å². The quantitative estimate of drug-likeness (QED) is 0.441. The minimum Gasteiger partial charge on any atom is -0.496 e. The van der Waals surface area contributed by atoms with Crippen molar-refractivity contribution >= 4 is 22.8 Å². The lowest BCUT2D eigenvalue weighted by molar-refractivity contribution is 0.144. The van der Waals surface area contributed by atoms with E-state index in [1.54, 1.807) is 13.3 Å². The summed E-state index contributed by atoms with van der Waals surface area (Å²) < 4.78 is 21.3. The molecular formula is C26H33FN8O. The van der Waals surface area contributed by atoms with Crippen LogP contribution in [0.15, 0.2) is 24.4 Å². The van der Waals surface area contributed by atoms with Crippen LogP contribution in [0.1, 0.15) is 36.8 Å². The first-order valence-corrected chi connectivity index (χ1v) is 13.0. The number of likely N-dealkylation sites (tertiary alicyclic amines) is 1. The first-order valence-electron chi connectivity index (χ1n) is 13.0. The molecule has 4 heterocycles. The number of piperazine rings is 1. The minimum absolute atomic E-state index is 0.0118. The van der Waals surface area contributed by atoms with Crippen LogP contribution in [0.2, 0.25) is 0 Å². The Labute approximate surface area is 209 Å². The summed E-state index contributed by atoms with van der Waals surface area (Å²) in [5.74, 6) is 2.21. The number of nitrogens with one attached hydrogen (secondary N) is 2. The standard InChI is InChI=1S/C26H33FN8O/c1-36-21-4-15(12-34-14-18-5-19(34)10-29-18)2-3-17(21)13-35-23-20(11-31-35)32-25(28)33-24(23)30-9-16-6-26(7-16)8-22(26)27/h2-4,11,16,18-19,22,29H,5-10,12-14H2,1H3,(H3,28,30,32,33)/t16?,18-,19-,22?,26?/m0/s1. The molecule has 2 aromatic heterocycles. The topological polar surface area (TPSA) is 106 Å². The number of nitrogens with zero attached hydrogens (tertiary/aromatic N) is 5. The molecule has 0 radical (unpaired) electrons. The third-order valence-corrected chi connectivity index (χ3v) is 8.77. The predicted octanol–water partition coefficient (Wildman–Crippen LogP) is 2.56. The molecule has 0 amide bonds. The summed E-state index contributed by atoms with van der Waals surface area (Å²) in [6.45, 7) is 4.42. The number of nitrogens with two attached hydrogens (primary N) is 1. The number of rotatable bonds is 8. The largest absolute Gasteiger partial charge is 0.496 e. The monoisotopic (exact) mass is 492 g/mol. The van der Waals surface area contributed by atoms with Crippen LogP contribution in [-0.4, -0.2) is 69.6 Å². The van der Waals surface area contributed by atoms with Gasteiger partial charge in [-0.3, -0.25) is 9.58 Å². The third kappa shape index (κ3) is 3.78. The van der Waals surface area contributed by atoms with Crippen molar-refractivity contribution in [2.45, 2.75) is 57.0 Å². The second-order valence-electron chi connectivity index (χ2n) is 11.2. The van der Waals surface area contributed by atoms with Crippen molar-refractivity contribution in [3.05, 3.63) is 35.5 Å². The molecule has 3 atom stereocenters. The summed E-state index contributed by atoms with van der Waals surface area (Å²) in [6.07, 6.45) is 5.01. The molecule has 9 nitrogen and oxygen atoms in total. The summed E-state index contributed by atoms with van der Waals surface area (Å²) in [4.78, 5) is 11.4. The van der Waals surface area contributed by atoms with E-state index in [4.69, 9.17) is 10.5 Å². The maximum absolute atomic E-state index is 13.6. The Morgan fingerprint density at radius 2 is 2.11 bits per heavy atom. The average Bonchev–Trinajstić information content (AvgIpc) is 3.21. The maximum Gasteiger partial charge on any atom is 0.222 e. The van der Waals surface area contributed by atoms with Crippen LogP contribution in [0.5, 0.6) is 5.75 Å². The van der Waals surface area contributed by atoms with Gasteiger partial charge in [-0.2, -0.15) is 10.1 Å². The van der Waals surface area contributed by atoms with E-state index in [0.717, 1.165) is 62.3 Å². The van der Waals surface area contributed by atoms with E-state index in [0.29, 0.717) is 35.9 Å². The molecule has 1 spiro atoms. The smallest absolute Gasteiger partial charge is 0.222 e. The van der Waals surface area contributed by atoms with Crippen molar-refractivity contribution in [2.24, 2.45) is 11.3 Å². The van der Waals surface area contributed by atoms with E-state index in [1.165, 1.54) is 12.0 Å². The first-order chi connectivity index (χ1) is 17.5. The highest BCUT2D eigenvalue weighted by Gasteiger charge is 2.62. The number of aromatic nitrogens is 4. The minimum atomic E-state index is -0.597. The van der Waals surface area contributed by atoms with Crippen molar-refractivity contribution in [1.82, 2.24) is 30.0 Å². The van der Waals surface area contributed by atoms with E-state index in [1.807, 2.05) is 4.68 Å². The normalized spacial score (nSPS) is 30.7. The molecular weight excluding hydrogens is 459 g/mol. The lowest BCUT2D eigenvalue weighted by atomic mass is 9.71. The Morgan fingerprint density at radius 1 is 1.25 bits per heavy atom. The van der Waals surface area contributed by atoms with Crippen molar-refractivity contribution in [3.8, 4) is 5.75 Å². The van der Waals surface area contributed by atoms with Crippen LogP contribution in [-0.2, 0) is 13.1 Å². The van der Waals surface area contributed by atoms with E-state index in [-0.39, 0.29) is 11.4 Å². The molecule has 2 saturated heterocycles. The Morgan fingerprint density at radius 3 is 2.83 bits per heavy atom. The van der Waals surface area contributed by atoms with E-state index < -0.39 is 6.17 Å². The van der Waals surface area contributed by atoms with Gasteiger partial charge in [-0.05, 0) is 43.2 Å². The van der Waals surface area contributed by atoms with Gasteiger partial charge >= 0.3 is 0 Å². The fraction of sp³-hybridized carbons (Fsp3) is 0.577. The fourth-order valence-corrected chi connectivity index (χ4v) is 6.71. The highest BCUT2D eigenvalue weighted by atomic mass is 19.1. The zero-order valence-electron chi connectivity index (χ0n) is 20.6. The third-order valence-electron chi connectivity index (χ3n) is 8.77. The summed E-state index contributed by atoms with van der Waals surface area (Å²) >= 11 is 0. The van der Waals surface area contributed by atoms with Gasteiger partial charge in [0.25, 0.3) is 0 Å². The highest BCUT2D eigenvalue weighted by molar-refractivity contribution is 5.86. The van der Waals surface area contributed by atoms with Crippen LogP contribution in [0.4, 0.5) is 16.2 Å². The highest BCUT2D eigenvalue weighted by Crippen LogP contribution is 2.64. The fourth-order valence-electron chi connectivity index (χ4n) is 6.71. The molecule has 36 heavy (non-hydrogen) atoms. The number of fused-ring (bicyclic) bond motifs is 3. The average molecular weight is 493 g/mol. The molecule has 4 aliphatic rings. The molecule has 2 bridgehead atoms. The molecule has 2 aliphatic heterocycles. The number of halogens is 1. The molecule has 4 fully saturated rings. The van der Waals surface area contributed by atoms with Crippen molar-refractivity contribution < 1.29 is 9.13 Å². The molecule has 1 aromatic carbocycles. The van der Waals surface area contributed by atoms with Crippen LogP contribution >= 0.6 is 0 Å². The number of alkyl halides is 1. The van der Waals surface area contributed by atoms with E-state index >= 15 is 0 Å². The second-order valence-corrected chi connectivity index (χ2v) is 11.2. The molecule has 7 rings (SSSR count). The van der Waals surface area contributed by atoms with Gasteiger partial charge in [0.1, 0.15) is 23.0 Å². The molecule has 1 unspecified atom stereocenters. The van der Waals surface area contributed by atoms with Gasteiger partial charge in [-0.25, -0.2) is 9.37 Å². The van der Waals surface area contributed by atoms with Crippen LogP contribution < -0.4 is 21.1 Å². The molecule has 3 aromatic rings. The summed E-state index contributed by atoms with van der Waals surface area (Å²) in [5.41, 5.74) is 9.80. The van der Waals surface area contributed by atoms with Crippen molar-refractivity contribution in [3.63, 3.8) is 0 Å². The Hall–Kier alpha value is -2.98. The Bertz CT molecular complexity index is 1300. The number of benzene rings is 1. The van der Waals surface area contributed by atoms with Crippen molar-refractivity contribution in [2.75, 3.05) is 37.8 Å². The second kappa shape index (κ2) is 8.27. The number of anilines is 2. The number of nitrogen functional groups attached to an aromatic ring is 1. The van der Waals surface area contributed by atoms with E-state index in [2.05, 4.69) is 48.8 Å². The Kier molecular flexibility index (Phi) is 5.11. The Balaban J connectivity index is 1.09. The van der Waals surface area contributed by atoms with Crippen LogP contribution in [0, 0.1) is 11.3 Å². The predicted molar refractivity (Wildman–Crippen MR) is 136 cm³/mol. The van der Waals surface area contributed by atoms with Crippen LogP contribution in [0.25, 0.3) is 11.0 Å². The van der Waals surface area contributed by atoms with Gasteiger partial charge in [-0.1, -0.05) is 12.1 Å². The van der Waals surface area contributed by atoms with Gasteiger partial charge in [-0.15, -0.1) is 0 Å². The number of ether oxygens (including phenoxy) is 1. The number of hydrogen-bond acceptors (Lipinski definition) is 8. The lowest BCUT2D eigenvalue weighted by Gasteiger charge is -2.35. The van der Waals surface area contributed by atoms with Gasteiger partial charge in [0.05, 0.1) is 19.9 Å². The number of methoxy groups -OCH3 is 1. The maximum atomic E-state index is 13.6. The summed E-state index contributed by atoms with van der Waals surface area (Å²) in [5, 5.41) is 11.6. The molecule has 4 N–H and O–H groups in total. The van der Waals surface area contributed by atoms with Gasteiger partial charge < -0.3 is 21.1 Å². The summed E-state index contributed by atoms with van der Waals surface area (Å²) in [6, 6.07) is 7.76. The van der Waals surface area contributed by atoms with Gasteiger partial charge in [0.2, 0.25) is 5.95 Å². The van der Waals surface area contributed by atoms with Crippen LogP contribution in [0.3, 0.4) is 0 Å². The van der Waals surface area contributed by atoms with E-state index in [9.17, 15) is 4.39 Å². The van der Waals surface area contributed by atoms with Gasteiger partial charge in [0.15, 0.2) is 5.82 Å². The number of hydrogen-bond donors (Lipinski definition) is 3. The lowest BCUT2D eigenvalue weighted by Crippen LogP contribution is -2.42. The molecule has 2 aliphatic carbocycles. The first kappa shape index (κ1) is 22.2. The molecule has 2 saturated carbocycles. The zero-order valence-corrected chi connectivity index (χ0v) is 20.6. The summed E-state index contributed by atoms with van der Waals surface area (Å²) in [7, 11) is 1.72. The molecule has 10 heteroatoms. The molecule has 190 valence electrons.